The molecule has 1 unspecified atom stereocenters. The maximum absolute atomic E-state index is 13.2. The number of ether oxygens (including phenoxy) is 2. The van der Waals surface area contributed by atoms with Gasteiger partial charge in [0.1, 0.15) is 24.1 Å². The van der Waals surface area contributed by atoms with Gasteiger partial charge in [-0.1, -0.05) is 0 Å². The van der Waals surface area contributed by atoms with Crippen molar-refractivity contribution in [3.05, 3.63) is 55.6 Å². The van der Waals surface area contributed by atoms with E-state index in [-0.39, 0.29) is 31.5 Å². The van der Waals surface area contributed by atoms with Crippen molar-refractivity contribution >= 4 is 17.7 Å². The molecule has 2 aromatic heterocycles. The highest BCUT2D eigenvalue weighted by atomic mass is 19.1. The molecule has 1 amide bonds. The van der Waals surface area contributed by atoms with Crippen molar-refractivity contribution in [1.29, 1.82) is 0 Å². The Labute approximate surface area is 200 Å². The average molecular weight is 513 g/mol. The van der Waals surface area contributed by atoms with Crippen LogP contribution in [0.2, 0.25) is 0 Å². The fourth-order valence-corrected chi connectivity index (χ4v) is 3.34. The molecule has 4 atom stereocenters. The van der Waals surface area contributed by atoms with Gasteiger partial charge in [0, 0.05) is 19.0 Å². The van der Waals surface area contributed by atoms with Gasteiger partial charge in [-0.15, -0.1) is 0 Å². The molecule has 2 aromatic rings. The van der Waals surface area contributed by atoms with Gasteiger partial charge in [-0.25, -0.2) is 9.59 Å². The second-order valence-corrected chi connectivity index (χ2v) is 7.84. The summed E-state index contributed by atoms with van der Waals surface area (Å²) < 4.78 is 24.9. The Balaban J connectivity index is 1.41. The van der Waals surface area contributed by atoms with Crippen LogP contribution in [0.1, 0.15) is 31.9 Å². The van der Waals surface area contributed by atoms with Crippen molar-refractivity contribution in [3.8, 4) is 0 Å². The average Bonchev–Trinajstić information content (AvgIpc) is 3.12. The summed E-state index contributed by atoms with van der Waals surface area (Å²) in [6, 6.07) is 1.28. The van der Waals surface area contributed by atoms with E-state index in [1.165, 1.54) is 12.3 Å². The number of halogens is 1. The molecule has 1 aliphatic heterocycles. The summed E-state index contributed by atoms with van der Waals surface area (Å²) in [5.74, 6) is -2.46. The smallest absolute Gasteiger partial charge is 0.351 e. The number of carbonyl (C=O) groups is 2. The monoisotopic (exact) mass is 513 g/mol. The molecule has 0 radical (unpaired) electrons. The fraction of sp³-hybridized carbons (Fsp3) is 0.500. The minimum Gasteiger partial charge on any atom is -0.444 e. The van der Waals surface area contributed by atoms with Gasteiger partial charge in [0.2, 0.25) is 11.7 Å². The van der Waals surface area contributed by atoms with Gasteiger partial charge in [-0.05, 0) is 18.9 Å². The van der Waals surface area contributed by atoms with Crippen molar-refractivity contribution < 1.29 is 38.8 Å². The molecule has 0 aliphatic carbocycles. The van der Waals surface area contributed by atoms with Crippen LogP contribution in [0.5, 0.6) is 0 Å². The van der Waals surface area contributed by atoms with Crippen LogP contribution in [0.3, 0.4) is 0 Å². The number of aromatic nitrogens is 4. The van der Waals surface area contributed by atoms with E-state index < -0.39 is 72.5 Å². The molecule has 3 rings (SSSR count). The molecule has 3 heterocycles. The lowest BCUT2D eigenvalue weighted by atomic mass is 10.1. The van der Waals surface area contributed by atoms with E-state index in [4.69, 9.17) is 14.6 Å². The zero-order valence-electron chi connectivity index (χ0n) is 18.7. The van der Waals surface area contributed by atoms with E-state index in [1.54, 1.807) is 4.98 Å². The van der Waals surface area contributed by atoms with Crippen LogP contribution in [0.25, 0.3) is 0 Å². The fourth-order valence-electron chi connectivity index (χ4n) is 3.34. The molecular formula is C20H24FN5O10. The molecule has 0 saturated carbocycles. The molecule has 0 spiro atoms. The zero-order chi connectivity index (χ0) is 26.4. The number of hydrogen-bond acceptors (Lipinski definition) is 11. The van der Waals surface area contributed by atoms with Crippen molar-refractivity contribution in [2.45, 2.75) is 57.0 Å². The molecule has 36 heavy (non-hydrogen) atoms. The third kappa shape index (κ3) is 6.48. The number of hydrogen-bond donors (Lipinski definition) is 5. The van der Waals surface area contributed by atoms with Gasteiger partial charge in [0.05, 0.1) is 12.8 Å². The van der Waals surface area contributed by atoms with Gasteiger partial charge in [-0.2, -0.15) is 9.37 Å². The summed E-state index contributed by atoms with van der Waals surface area (Å²) >= 11 is 0. The number of unbranched alkanes of at least 4 members (excludes halogenated alkanes) is 1. The van der Waals surface area contributed by atoms with Crippen molar-refractivity contribution in [3.63, 3.8) is 0 Å². The predicted molar refractivity (Wildman–Crippen MR) is 116 cm³/mol. The highest BCUT2D eigenvalue weighted by Crippen LogP contribution is 2.28. The van der Waals surface area contributed by atoms with Crippen LogP contribution >= 0.6 is 0 Å². The Bertz CT molecular complexity index is 1270. The topological polar surface area (TPSA) is 215 Å². The van der Waals surface area contributed by atoms with Crippen LogP contribution < -0.4 is 22.3 Å². The number of amides is 1. The van der Waals surface area contributed by atoms with Crippen LogP contribution in [0.4, 0.5) is 10.2 Å². The number of rotatable bonds is 10. The van der Waals surface area contributed by atoms with E-state index in [0.717, 1.165) is 4.57 Å². The van der Waals surface area contributed by atoms with Crippen LogP contribution in [-0.4, -0.2) is 71.2 Å². The maximum atomic E-state index is 13.2. The lowest BCUT2D eigenvalue weighted by molar-refractivity contribution is -0.147. The number of H-pyrrole nitrogens is 1. The molecule has 1 aliphatic rings. The lowest BCUT2D eigenvalue weighted by Crippen LogP contribution is -2.36. The standard InChI is InChI=1S/C20H24FN5O10/c21-10-7-25(19(33)24-17(10)32)9-35-14(29)4-2-1-3-13(28)22-12-5-6-26(20(34)23-12)18-16(31)15(30)11(8-27)36-18/h5-7,11,15-16,18,27,30-31H,1-4,8-9H2,(H,24,32,33)(H,22,23,28,34)/t11-,15-,16+,18?/m1/s1. The summed E-state index contributed by atoms with van der Waals surface area (Å²) in [6.45, 7) is -1.15. The first-order valence-electron chi connectivity index (χ1n) is 10.8. The van der Waals surface area contributed by atoms with E-state index in [9.17, 15) is 38.6 Å². The number of aliphatic hydroxyl groups excluding tert-OH is 3. The molecule has 0 aromatic carbocycles. The summed E-state index contributed by atoms with van der Waals surface area (Å²) in [5.41, 5.74) is -2.99. The first-order chi connectivity index (χ1) is 17.1. The number of anilines is 1. The summed E-state index contributed by atoms with van der Waals surface area (Å²) in [4.78, 5) is 64.0. The van der Waals surface area contributed by atoms with Gasteiger partial charge >= 0.3 is 17.3 Å². The molecule has 16 heteroatoms. The maximum Gasteiger partial charge on any atom is 0.351 e. The minimum absolute atomic E-state index is 0.0164. The minimum atomic E-state index is -1.47. The summed E-state index contributed by atoms with van der Waals surface area (Å²) in [5, 5.41) is 31.4. The summed E-state index contributed by atoms with van der Waals surface area (Å²) in [7, 11) is 0. The zero-order valence-corrected chi connectivity index (χ0v) is 18.7. The van der Waals surface area contributed by atoms with Gasteiger partial charge < -0.3 is 30.1 Å². The van der Waals surface area contributed by atoms with E-state index >= 15 is 0 Å². The van der Waals surface area contributed by atoms with Crippen LogP contribution in [-0.2, 0) is 25.8 Å². The van der Waals surface area contributed by atoms with E-state index in [1.807, 2.05) is 0 Å². The predicted octanol–water partition coefficient (Wildman–Crippen LogP) is -2.46. The first kappa shape index (κ1) is 26.9. The third-order valence-electron chi connectivity index (χ3n) is 5.26. The van der Waals surface area contributed by atoms with Gasteiger partial charge in [0.25, 0.3) is 5.56 Å². The Hall–Kier alpha value is -3.73. The van der Waals surface area contributed by atoms with Crippen molar-refractivity contribution in [1.82, 2.24) is 19.1 Å². The molecule has 1 fully saturated rings. The van der Waals surface area contributed by atoms with Crippen LogP contribution in [0.15, 0.2) is 32.8 Å². The Kier molecular flexibility index (Phi) is 8.81. The van der Waals surface area contributed by atoms with Crippen molar-refractivity contribution in [2.24, 2.45) is 0 Å². The second-order valence-electron chi connectivity index (χ2n) is 7.84. The largest absolute Gasteiger partial charge is 0.444 e. The second kappa shape index (κ2) is 11.8. The molecular weight excluding hydrogens is 489 g/mol. The van der Waals surface area contributed by atoms with Crippen molar-refractivity contribution in [2.75, 3.05) is 11.9 Å². The number of nitrogens with zero attached hydrogens (tertiary/aromatic N) is 3. The normalized spacial score (nSPS) is 21.3. The Morgan fingerprint density at radius 2 is 1.92 bits per heavy atom. The number of esters is 1. The SMILES string of the molecule is O=C(CCCCC(=O)OCn1cc(F)c(=O)[nH]c1=O)Nc1ccn(C2O[C@H](CO)[C@@H](O)[C@@H]2O)c(=O)n1. The number of nitrogens with one attached hydrogen (secondary N) is 2. The number of aromatic amines is 1. The Morgan fingerprint density at radius 1 is 1.19 bits per heavy atom. The molecule has 0 bridgehead atoms. The van der Waals surface area contributed by atoms with E-state index in [0.29, 0.717) is 10.8 Å². The molecule has 5 N–H and O–H groups in total. The van der Waals surface area contributed by atoms with Gasteiger partial charge in [-0.3, -0.25) is 28.5 Å². The first-order valence-corrected chi connectivity index (χ1v) is 10.8. The lowest BCUT2D eigenvalue weighted by Gasteiger charge is -2.17. The quantitative estimate of drug-likeness (QED) is 0.166. The summed E-state index contributed by atoms with van der Waals surface area (Å²) in [6.07, 6.45) is -2.94. The molecule has 1 saturated heterocycles. The molecule has 196 valence electrons. The van der Waals surface area contributed by atoms with E-state index in [2.05, 4.69) is 10.3 Å². The highest BCUT2D eigenvalue weighted by Gasteiger charge is 2.43. The highest BCUT2D eigenvalue weighted by molar-refractivity contribution is 5.89. The third-order valence-corrected chi connectivity index (χ3v) is 5.26. The number of carbonyl (C=O) groups excluding carboxylic acids is 2. The Morgan fingerprint density at radius 3 is 2.58 bits per heavy atom. The van der Waals surface area contributed by atoms with Gasteiger partial charge in [0.15, 0.2) is 13.0 Å². The molecule has 15 nitrogen and oxygen atoms in total. The van der Waals surface area contributed by atoms with Crippen LogP contribution in [0, 0.1) is 5.82 Å². The number of aliphatic hydroxyl groups is 3.